The monoisotopic (exact) mass is 246 g/mol. The van der Waals surface area contributed by atoms with Crippen molar-refractivity contribution in [1.29, 1.82) is 0 Å². The summed E-state index contributed by atoms with van der Waals surface area (Å²) in [4.78, 5) is 0. The van der Waals surface area contributed by atoms with Crippen LogP contribution in [0.25, 0.3) is 0 Å². The molecule has 88 valence electrons. The summed E-state index contributed by atoms with van der Waals surface area (Å²) in [5.74, 6) is 1.72. The van der Waals surface area contributed by atoms with Crippen LogP contribution in [0.3, 0.4) is 0 Å². The van der Waals surface area contributed by atoms with Crippen molar-refractivity contribution >= 4 is 11.3 Å². The van der Waals surface area contributed by atoms with Crippen molar-refractivity contribution in [3.8, 4) is 11.5 Å². The van der Waals surface area contributed by atoms with E-state index in [0.29, 0.717) is 13.2 Å². The Hall–Kier alpha value is -1.48. The lowest BCUT2D eigenvalue weighted by Crippen LogP contribution is -2.08. The third-order valence-corrected chi connectivity index (χ3v) is 3.88. The molecule has 1 aliphatic heterocycles. The van der Waals surface area contributed by atoms with E-state index in [1.54, 1.807) is 11.3 Å². The second-order valence-electron chi connectivity index (χ2n) is 4.38. The third kappa shape index (κ3) is 1.91. The predicted molar refractivity (Wildman–Crippen MR) is 68.9 cm³/mol. The van der Waals surface area contributed by atoms with E-state index in [4.69, 9.17) is 9.47 Å². The van der Waals surface area contributed by atoms with E-state index in [1.165, 1.54) is 22.3 Å². The van der Waals surface area contributed by atoms with Gasteiger partial charge in [0.05, 0.1) is 0 Å². The van der Waals surface area contributed by atoms with Crippen LogP contribution < -0.4 is 9.47 Å². The second-order valence-corrected chi connectivity index (χ2v) is 5.13. The fourth-order valence-electron chi connectivity index (χ4n) is 2.00. The number of fused-ring (bicyclic) bond motifs is 2. The van der Waals surface area contributed by atoms with Gasteiger partial charge in [0.2, 0.25) is 0 Å². The molecule has 0 saturated carbocycles. The van der Waals surface area contributed by atoms with Crippen molar-refractivity contribution in [3.05, 3.63) is 45.1 Å². The summed E-state index contributed by atoms with van der Waals surface area (Å²) in [5, 5.41) is 3.97. The molecule has 0 fully saturated rings. The van der Waals surface area contributed by atoms with Gasteiger partial charge in [-0.25, -0.2) is 0 Å². The Kier molecular flexibility index (Phi) is 2.56. The second kappa shape index (κ2) is 4.08. The van der Waals surface area contributed by atoms with Crippen LogP contribution in [0.4, 0.5) is 0 Å². The molecule has 0 bridgehead atoms. The van der Waals surface area contributed by atoms with E-state index in [2.05, 4.69) is 26.0 Å². The lowest BCUT2D eigenvalue weighted by atomic mass is 10.0. The lowest BCUT2D eigenvalue weighted by Gasteiger charge is -2.18. The van der Waals surface area contributed by atoms with E-state index in [9.17, 15) is 0 Å². The van der Waals surface area contributed by atoms with Gasteiger partial charge < -0.3 is 9.47 Å². The van der Waals surface area contributed by atoms with Gasteiger partial charge in [0.1, 0.15) is 13.2 Å². The molecule has 1 aromatic carbocycles. The van der Waals surface area contributed by atoms with Crippen molar-refractivity contribution in [2.45, 2.75) is 27.1 Å². The predicted octanol–water partition coefficient (Wildman–Crippen LogP) is 3.84. The Morgan fingerprint density at radius 2 is 1.35 bits per heavy atom. The Balaban J connectivity index is 1.99. The third-order valence-electron chi connectivity index (χ3n) is 3.18. The topological polar surface area (TPSA) is 18.5 Å². The molecule has 17 heavy (non-hydrogen) atoms. The van der Waals surface area contributed by atoms with E-state index >= 15 is 0 Å². The zero-order valence-corrected chi connectivity index (χ0v) is 10.8. The largest absolute Gasteiger partial charge is 0.484 e. The van der Waals surface area contributed by atoms with Gasteiger partial charge in [-0.3, -0.25) is 0 Å². The first-order chi connectivity index (χ1) is 8.24. The summed E-state index contributed by atoms with van der Waals surface area (Å²) >= 11 is 1.61. The summed E-state index contributed by atoms with van der Waals surface area (Å²) < 4.78 is 11.6. The van der Waals surface area contributed by atoms with Gasteiger partial charge in [-0.1, -0.05) is 12.1 Å². The normalized spacial score (nSPS) is 13.8. The highest BCUT2D eigenvalue weighted by atomic mass is 32.1. The number of ether oxygens (including phenoxy) is 2. The minimum absolute atomic E-state index is 0.629. The number of rotatable bonds is 0. The highest BCUT2D eigenvalue weighted by Gasteiger charge is 2.14. The molecule has 1 aliphatic rings. The fourth-order valence-corrected chi connectivity index (χ4v) is 2.68. The molecular weight excluding hydrogens is 232 g/mol. The van der Waals surface area contributed by atoms with Gasteiger partial charge in [0.25, 0.3) is 0 Å². The Labute approximate surface area is 105 Å². The summed E-state index contributed by atoms with van der Waals surface area (Å²) in [6, 6.07) is 4.40. The van der Waals surface area contributed by atoms with Crippen molar-refractivity contribution < 1.29 is 9.47 Å². The maximum Gasteiger partial charge on any atom is 0.172 e. The van der Waals surface area contributed by atoms with Gasteiger partial charge in [-0.05, 0) is 36.1 Å². The van der Waals surface area contributed by atoms with Crippen molar-refractivity contribution in [3.63, 3.8) is 0 Å². The average molecular weight is 246 g/mol. The van der Waals surface area contributed by atoms with Crippen molar-refractivity contribution in [2.24, 2.45) is 0 Å². The molecule has 3 heteroatoms. The van der Waals surface area contributed by atoms with Gasteiger partial charge in [0.15, 0.2) is 11.5 Å². The van der Waals surface area contributed by atoms with Crippen molar-refractivity contribution in [1.82, 2.24) is 0 Å². The Morgan fingerprint density at radius 1 is 0.882 bits per heavy atom. The molecule has 0 unspecified atom stereocenters. The van der Waals surface area contributed by atoms with Crippen LogP contribution in [0.1, 0.15) is 22.3 Å². The van der Waals surface area contributed by atoms with E-state index < -0.39 is 0 Å². The number of benzene rings is 1. The van der Waals surface area contributed by atoms with Gasteiger partial charge in [0, 0.05) is 10.8 Å². The summed E-state index contributed by atoms with van der Waals surface area (Å²) in [5.41, 5.74) is 5.06. The van der Waals surface area contributed by atoms with Gasteiger partial charge in [-0.15, -0.1) is 11.3 Å². The van der Waals surface area contributed by atoms with Crippen LogP contribution in [0.2, 0.25) is 0 Å². The molecule has 0 amide bonds. The minimum Gasteiger partial charge on any atom is -0.484 e. The smallest absolute Gasteiger partial charge is 0.172 e. The molecule has 0 atom stereocenters. The standard InChI is InChI=1S/C14H14O2S/c1-9-3-11-5-15-13-7-17-8-14(13)16-6-12(11)4-10(9)2/h3-4,7-8H,5-6H2,1-2H3. The first kappa shape index (κ1) is 10.7. The molecule has 0 aliphatic carbocycles. The van der Waals surface area contributed by atoms with E-state index in [-0.39, 0.29) is 0 Å². The summed E-state index contributed by atoms with van der Waals surface area (Å²) in [6.45, 7) is 5.52. The molecule has 2 nitrogen and oxygen atoms in total. The summed E-state index contributed by atoms with van der Waals surface area (Å²) in [7, 11) is 0. The highest BCUT2D eigenvalue weighted by Crippen LogP contribution is 2.35. The maximum absolute atomic E-state index is 5.78. The zero-order valence-electron chi connectivity index (χ0n) is 9.95. The number of aryl methyl sites for hydroxylation is 2. The molecule has 2 heterocycles. The van der Waals surface area contributed by atoms with Crippen LogP contribution in [0.5, 0.6) is 11.5 Å². The van der Waals surface area contributed by atoms with Crippen LogP contribution in [0.15, 0.2) is 22.9 Å². The summed E-state index contributed by atoms with van der Waals surface area (Å²) in [6.07, 6.45) is 0. The van der Waals surface area contributed by atoms with Gasteiger partial charge in [-0.2, -0.15) is 0 Å². The van der Waals surface area contributed by atoms with E-state index in [1.807, 2.05) is 10.8 Å². The molecule has 2 aromatic rings. The van der Waals surface area contributed by atoms with Crippen molar-refractivity contribution in [2.75, 3.05) is 0 Å². The van der Waals surface area contributed by atoms with Crippen LogP contribution >= 0.6 is 11.3 Å². The Morgan fingerprint density at radius 3 is 1.82 bits per heavy atom. The molecule has 0 spiro atoms. The number of thiophene rings is 1. The maximum atomic E-state index is 5.78. The quantitative estimate of drug-likeness (QED) is 0.703. The van der Waals surface area contributed by atoms with E-state index in [0.717, 1.165) is 11.5 Å². The number of hydrogen-bond donors (Lipinski definition) is 0. The van der Waals surface area contributed by atoms with Crippen LogP contribution in [0, 0.1) is 13.8 Å². The average Bonchev–Trinajstić information content (AvgIpc) is 2.73. The molecule has 0 N–H and O–H groups in total. The SMILES string of the molecule is Cc1cc2c(cc1C)COc1cscc1OC2. The fraction of sp³-hybridized carbons (Fsp3) is 0.286. The molecule has 1 aromatic heterocycles. The van der Waals surface area contributed by atoms with Crippen LogP contribution in [-0.4, -0.2) is 0 Å². The molecule has 0 radical (unpaired) electrons. The highest BCUT2D eigenvalue weighted by molar-refractivity contribution is 7.08. The lowest BCUT2D eigenvalue weighted by molar-refractivity contribution is 0.239. The first-order valence-electron chi connectivity index (χ1n) is 5.65. The zero-order chi connectivity index (χ0) is 11.8. The molecule has 3 rings (SSSR count). The first-order valence-corrected chi connectivity index (χ1v) is 6.59. The number of hydrogen-bond acceptors (Lipinski definition) is 3. The van der Waals surface area contributed by atoms with Crippen LogP contribution in [-0.2, 0) is 13.2 Å². The minimum atomic E-state index is 0.629. The molecule has 0 saturated heterocycles. The molecular formula is C14H14O2S. The Bertz CT molecular complexity index is 510. The van der Waals surface area contributed by atoms with Gasteiger partial charge >= 0.3 is 0 Å².